The van der Waals surface area contributed by atoms with Gasteiger partial charge in [-0.15, -0.1) is 5.10 Å². The van der Waals surface area contributed by atoms with E-state index in [9.17, 15) is 0 Å². The van der Waals surface area contributed by atoms with Crippen molar-refractivity contribution in [1.82, 2.24) is 14.8 Å². The van der Waals surface area contributed by atoms with Gasteiger partial charge in [-0.3, -0.25) is 0 Å². The summed E-state index contributed by atoms with van der Waals surface area (Å²) in [7, 11) is 0. The number of nitrogens with zero attached hydrogens (tertiary/aromatic N) is 4. The molecule has 2 fully saturated rings. The first kappa shape index (κ1) is 11.8. The van der Waals surface area contributed by atoms with E-state index < -0.39 is 0 Å². The fraction of sp³-hybridized carbons (Fsp3) is 0.714. The molecule has 98 valence electrons. The van der Waals surface area contributed by atoms with Gasteiger partial charge in [0.2, 0.25) is 5.95 Å². The summed E-state index contributed by atoms with van der Waals surface area (Å²) in [6.45, 7) is 7.50. The minimum Gasteiger partial charge on any atom is -0.340 e. The Morgan fingerprint density at radius 1 is 1.28 bits per heavy atom. The molecule has 2 aliphatic rings. The maximum Gasteiger partial charge on any atom is 0.245 e. The third kappa shape index (κ3) is 2.57. The monoisotopic (exact) mass is 246 g/mol. The van der Waals surface area contributed by atoms with Gasteiger partial charge in [0.25, 0.3) is 0 Å². The molecule has 0 spiro atoms. The average Bonchev–Trinajstić information content (AvgIpc) is 2.83. The van der Waals surface area contributed by atoms with E-state index in [1.54, 1.807) is 0 Å². The fourth-order valence-corrected chi connectivity index (χ4v) is 2.44. The maximum absolute atomic E-state index is 4.71. The SMILES string of the molecule is CC(C)=Cc1nc(N2CCCC2)nn1CC1CC1. The molecular formula is C14H22N4. The second-order valence-electron chi connectivity index (χ2n) is 5.81. The van der Waals surface area contributed by atoms with Crippen LogP contribution in [-0.2, 0) is 6.54 Å². The second-order valence-corrected chi connectivity index (χ2v) is 5.81. The van der Waals surface area contributed by atoms with Crippen LogP contribution in [0.15, 0.2) is 5.57 Å². The minimum absolute atomic E-state index is 0.836. The van der Waals surface area contributed by atoms with Gasteiger partial charge in [-0.1, -0.05) is 5.57 Å². The lowest BCUT2D eigenvalue weighted by Gasteiger charge is -2.10. The fourth-order valence-electron chi connectivity index (χ4n) is 2.44. The van der Waals surface area contributed by atoms with E-state index in [1.165, 1.54) is 31.3 Å². The molecule has 1 aliphatic carbocycles. The molecule has 4 nitrogen and oxygen atoms in total. The molecule has 4 heteroatoms. The normalized spacial score (nSPS) is 19.3. The molecular weight excluding hydrogens is 224 g/mol. The van der Waals surface area contributed by atoms with Crippen LogP contribution in [0.3, 0.4) is 0 Å². The Bertz CT molecular complexity index is 446. The van der Waals surface area contributed by atoms with Crippen molar-refractivity contribution in [2.75, 3.05) is 18.0 Å². The van der Waals surface area contributed by atoms with Crippen molar-refractivity contribution >= 4 is 12.0 Å². The maximum atomic E-state index is 4.71. The van der Waals surface area contributed by atoms with Gasteiger partial charge in [0.05, 0.1) is 0 Å². The molecule has 1 saturated carbocycles. The number of anilines is 1. The molecule has 0 aromatic carbocycles. The summed E-state index contributed by atoms with van der Waals surface area (Å²) in [6.07, 6.45) is 7.40. The van der Waals surface area contributed by atoms with Crippen molar-refractivity contribution < 1.29 is 0 Å². The highest BCUT2D eigenvalue weighted by molar-refractivity contribution is 5.47. The van der Waals surface area contributed by atoms with Gasteiger partial charge in [-0.05, 0) is 51.5 Å². The van der Waals surface area contributed by atoms with Crippen molar-refractivity contribution in [2.24, 2.45) is 5.92 Å². The first-order valence-electron chi connectivity index (χ1n) is 7.07. The van der Waals surface area contributed by atoms with Crippen LogP contribution in [0.5, 0.6) is 0 Å². The Morgan fingerprint density at radius 2 is 2.00 bits per heavy atom. The molecule has 0 atom stereocenters. The lowest BCUT2D eigenvalue weighted by molar-refractivity contribution is 0.556. The summed E-state index contributed by atoms with van der Waals surface area (Å²) >= 11 is 0. The van der Waals surface area contributed by atoms with Crippen molar-refractivity contribution in [3.63, 3.8) is 0 Å². The summed E-state index contributed by atoms with van der Waals surface area (Å²) in [5.41, 5.74) is 1.28. The number of rotatable bonds is 4. The minimum atomic E-state index is 0.836. The molecule has 0 bridgehead atoms. The van der Waals surface area contributed by atoms with Gasteiger partial charge in [0.15, 0.2) is 5.82 Å². The molecule has 1 aromatic rings. The first-order valence-corrected chi connectivity index (χ1v) is 7.07. The second kappa shape index (κ2) is 4.75. The zero-order valence-electron chi connectivity index (χ0n) is 11.4. The van der Waals surface area contributed by atoms with Gasteiger partial charge in [0.1, 0.15) is 0 Å². The van der Waals surface area contributed by atoms with Crippen molar-refractivity contribution in [1.29, 1.82) is 0 Å². The molecule has 18 heavy (non-hydrogen) atoms. The van der Waals surface area contributed by atoms with Crippen LogP contribution in [0.2, 0.25) is 0 Å². The number of hydrogen-bond acceptors (Lipinski definition) is 3. The summed E-state index contributed by atoms with van der Waals surface area (Å²) in [4.78, 5) is 7.03. The number of aromatic nitrogens is 3. The van der Waals surface area contributed by atoms with Crippen molar-refractivity contribution in [3.05, 3.63) is 11.4 Å². The lowest BCUT2D eigenvalue weighted by atomic mass is 10.3. The predicted molar refractivity (Wildman–Crippen MR) is 73.5 cm³/mol. The quantitative estimate of drug-likeness (QED) is 0.819. The van der Waals surface area contributed by atoms with Gasteiger partial charge < -0.3 is 4.90 Å². The average molecular weight is 246 g/mol. The van der Waals surface area contributed by atoms with Gasteiger partial charge in [-0.25, -0.2) is 4.68 Å². The summed E-state index contributed by atoms with van der Waals surface area (Å²) in [6, 6.07) is 0. The Labute approximate surface area is 109 Å². The molecule has 1 saturated heterocycles. The third-order valence-corrected chi connectivity index (χ3v) is 3.62. The Hall–Kier alpha value is -1.32. The van der Waals surface area contributed by atoms with E-state index in [0.29, 0.717) is 0 Å². The Morgan fingerprint density at radius 3 is 2.61 bits per heavy atom. The zero-order chi connectivity index (χ0) is 12.5. The highest BCUT2D eigenvalue weighted by Crippen LogP contribution is 2.31. The number of allylic oxidation sites excluding steroid dienone is 1. The topological polar surface area (TPSA) is 34.0 Å². The van der Waals surface area contributed by atoms with E-state index >= 15 is 0 Å². The van der Waals surface area contributed by atoms with E-state index in [1.807, 2.05) is 0 Å². The molecule has 2 heterocycles. The van der Waals surface area contributed by atoms with Crippen LogP contribution < -0.4 is 4.90 Å². The summed E-state index contributed by atoms with van der Waals surface area (Å²) in [5.74, 6) is 2.80. The highest BCUT2D eigenvalue weighted by Gasteiger charge is 2.25. The third-order valence-electron chi connectivity index (χ3n) is 3.62. The van der Waals surface area contributed by atoms with E-state index in [-0.39, 0.29) is 0 Å². The molecule has 0 N–H and O–H groups in total. The zero-order valence-corrected chi connectivity index (χ0v) is 11.4. The standard InChI is InChI=1S/C14H22N4/c1-11(2)9-13-15-14(17-7-3-4-8-17)16-18(13)10-12-5-6-12/h9,12H,3-8,10H2,1-2H3. The lowest BCUT2D eigenvalue weighted by Crippen LogP contribution is -2.19. The van der Waals surface area contributed by atoms with Gasteiger partial charge >= 0.3 is 0 Å². The van der Waals surface area contributed by atoms with Crippen LogP contribution >= 0.6 is 0 Å². The van der Waals surface area contributed by atoms with Crippen molar-refractivity contribution in [3.8, 4) is 0 Å². The molecule has 0 amide bonds. The van der Waals surface area contributed by atoms with Crippen LogP contribution in [0.25, 0.3) is 6.08 Å². The van der Waals surface area contributed by atoms with Crippen LogP contribution in [0.4, 0.5) is 5.95 Å². The largest absolute Gasteiger partial charge is 0.340 e. The summed E-state index contributed by atoms with van der Waals surface area (Å²) < 4.78 is 2.11. The van der Waals surface area contributed by atoms with E-state index in [4.69, 9.17) is 10.1 Å². The number of hydrogen-bond donors (Lipinski definition) is 0. The molecule has 0 unspecified atom stereocenters. The highest BCUT2D eigenvalue weighted by atomic mass is 15.4. The molecule has 0 radical (unpaired) electrons. The van der Waals surface area contributed by atoms with E-state index in [0.717, 1.165) is 37.3 Å². The van der Waals surface area contributed by atoms with Gasteiger partial charge in [0, 0.05) is 19.6 Å². The van der Waals surface area contributed by atoms with E-state index in [2.05, 4.69) is 29.5 Å². The first-order chi connectivity index (χ1) is 8.72. The predicted octanol–water partition coefficient (Wildman–Crippen LogP) is 2.71. The Balaban J connectivity index is 1.86. The molecule has 3 rings (SSSR count). The smallest absolute Gasteiger partial charge is 0.245 e. The molecule has 1 aromatic heterocycles. The molecule has 1 aliphatic heterocycles. The van der Waals surface area contributed by atoms with Crippen LogP contribution in [-0.4, -0.2) is 27.9 Å². The van der Waals surface area contributed by atoms with Crippen LogP contribution in [0, 0.1) is 5.92 Å². The van der Waals surface area contributed by atoms with Crippen molar-refractivity contribution in [2.45, 2.75) is 46.1 Å². The van der Waals surface area contributed by atoms with Crippen LogP contribution in [0.1, 0.15) is 45.4 Å². The summed E-state index contributed by atoms with van der Waals surface area (Å²) in [5, 5.41) is 4.71. The Kier molecular flexibility index (Phi) is 3.10. The van der Waals surface area contributed by atoms with Gasteiger partial charge in [-0.2, -0.15) is 4.98 Å².